The Kier molecular flexibility index (Phi) is 5.54. The van der Waals surface area contributed by atoms with Crippen LogP contribution in [0.3, 0.4) is 0 Å². The summed E-state index contributed by atoms with van der Waals surface area (Å²) in [5.41, 5.74) is 0.207. The minimum Gasteiger partial charge on any atom is -0.381 e. The fourth-order valence-electron chi connectivity index (χ4n) is 2.84. The van der Waals surface area contributed by atoms with Crippen molar-refractivity contribution in [1.82, 2.24) is 0 Å². The molecule has 1 atom stereocenters. The molecule has 0 saturated carbocycles. The van der Waals surface area contributed by atoms with E-state index >= 15 is 0 Å². The molecule has 1 heterocycles. The van der Waals surface area contributed by atoms with E-state index < -0.39 is 21.6 Å². The molecule has 3 rings (SSSR count). The van der Waals surface area contributed by atoms with E-state index in [4.69, 9.17) is 10.00 Å². The van der Waals surface area contributed by atoms with Crippen molar-refractivity contribution >= 4 is 21.4 Å². The van der Waals surface area contributed by atoms with Crippen molar-refractivity contribution in [3.8, 4) is 6.07 Å². The lowest BCUT2D eigenvalue weighted by molar-refractivity contribution is 0.102. The second-order valence-corrected chi connectivity index (χ2v) is 8.33. The summed E-state index contributed by atoms with van der Waals surface area (Å²) < 4.78 is 43.7. The summed E-state index contributed by atoms with van der Waals surface area (Å²) in [6.07, 6.45) is 0.700. The van der Waals surface area contributed by atoms with Gasteiger partial charge in [-0.1, -0.05) is 6.07 Å². The predicted octanol–water partition coefficient (Wildman–Crippen LogP) is 2.76. The van der Waals surface area contributed by atoms with E-state index in [1.54, 1.807) is 6.07 Å². The summed E-state index contributed by atoms with van der Waals surface area (Å²) in [5.74, 6) is -1.30. The summed E-state index contributed by atoms with van der Waals surface area (Å²) in [6.45, 7) is 0.982. The lowest BCUT2D eigenvalue weighted by Gasteiger charge is -2.11. The highest BCUT2D eigenvalue weighted by atomic mass is 32.2. The van der Waals surface area contributed by atoms with Crippen molar-refractivity contribution in [2.75, 3.05) is 24.3 Å². The Labute approximate surface area is 156 Å². The molecule has 0 bridgehead atoms. The number of amides is 1. The maximum atomic E-state index is 13.4. The maximum absolute atomic E-state index is 13.4. The molecule has 2 aromatic carbocycles. The van der Waals surface area contributed by atoms with Crippen LogP contribution in [-0.4, -0.2) is 33.3 Å². The van der Waals surface area contributed by atoms with Crippen molar-refractivity contribution in [3.05, 3.63) is 59.4 Å². The minimum absolute atomic E-state index is 0.0262. The van der Waals surface area contributed by atoms with Gasteiger partial charge >= 0.3 is 0 Å². The van der Waals surface area contributed by atoms with Gasteiger partial charge in [0.25, 0.3) is 5.91 Å². The fraction of sp³-hybridized carbons (Fsp3) is 0.263. The second kappa shape index (κ2) is 7.86. The van der Waals surface area contributed by atoms with Gasteiger partial charge in [-0.25, -0.2) is 12.8 Å². The Morgan fingerprint density at radius 2 is 2.11 bits per heavy atom. The van der Waals surface area contributed by atoms with Gasteiger partial charge < -0.3 is 10.1 Å². The first-order valence-corrected chi connectivity index (χ1v) is 9.96. The SMILES string of the molecule is N#Cc1cc(NC(=O)c2cccc(S(=O)(=O)C[C@H]3CCOC3)c2)ccc1F. The van der Waals surface area contributed by atoms with Gasteiger partial charge in [-0.15, -0.1) is 0 Å². The molecular weight excluding hydrogens is 371 g/mol. The average Bonchev–Trinajstić information content (AvgIpc) is 3.15. The molecule has 0 unspecified atom stereocenters. The average molecular weight is 388 g/mol. The number of carbonyl (C=O) groups excluding carboxylic acids is 1. The van der Waals surface area contributed by atoms with Crippen molar-refractivity contribution in [2.45, 2.75) is 11.3 Å². The number of anilines is 1. The van der Waals surface area contributed by atoms with Crippen LogP contribution in [0.1, 0.15) is 22.3 Å². The smallest absolute Gasteiger partial charge is 0.255 e. The molecule has 6 nitrogen and oxygen atoms in total. The van der Waals surface area contributed by atoms with Crippen molar-refractivity contribution in [2.24, 2.45) is 5.92 Å². The number of hydrogen-bond acceptors (Lipinski definition) is 5. The molecule has 1 saturated heterocycles. The molecule has 8 heteroatoms. The number of nitrogens with one attached hydrogen (secondary N) is 1. The molecule has 0 radical (unpaired) electrons. The Bertz CT molecular complexity index is 1010. The van der Waals surface area contributed by atoms with E-state index in [1.165, 1.54) is 36.4 Å². The molecular formula is C19H17FN2O4S. The van der Waals surface area contributed by atoms with Crippen molar-refractivity contribution in [3.63, 3.8) is 0 Å². The molecule has 1 aliphatic heterocycles. The molecule has 1 fully saturated rings. The number of carbonyl (C=O) groups is 1. The highest BCUT2D eigenvalue weighted by Crippen LogP contribution is 2.21. The van der Waals surface area contributed by atoms with E-state index in [9.17, 15) is 17.6 Å². The van der Waals surface area contributed by atoms with Crippen LogP contribution in [0.2, 0.25) is 0 Å². The molecule has 0 aliphatic carbocycles. The van der Waals surface area contributed by atoms with E-state index in [-0.39, 0.29) is 33.4 Å². The largest absolute Gasteiger partial charge is 0.381 e. The van der Waals surface area contributed by atoms with Gasteiger partial charge in [0.05, 0.1) is 22.8 Å². The Morgan fingerprint density at radius 3 is 2.81 bits per heavy atom. The summed E-state index contributed by atoms with van der Waals surface area (Å²) in [5, 5.41) is 11.4. The summed E-state index contributed by atoms with van der Waals surface area (Å²) in [4.78, 5) is 12.5. The normalized spacial score (nSPS) is 16.7. The molecule has 27 heavy (non-hydrogen) atoms. The van der Waals surface area contributed by atoms with Crippen LogP contribution in [-0.2, 0) is 14.6 Å². The van der Waals surface area contributed by atoms with Gasteiger partial charge in [-0.2, -0.15) is 5.26 Å². The Balaban J connectivity index is 1.78. The fourth-order valence-corrected chi connectivity index (χ4v) is 4.51. The van der Waals surface area contributed by atoms with Crippen LogP contribution in [0.25, 0.3) is 0 Å². The number of sulfone groups is 1. The van der Waals surface area contributed by atoms with Gasteiger partial charge in [0.1, 0.15) is 11.9 Å². The maximum Gasteiger partial charge on any atom is 0.255 e. The zero-order chi connectivity index (χ0) is 19.4. The van der Waals surface area contributed by atoms with Crippen LogP contribution in [0.15, 0.2) is 47.4 Å². The number of halogens is 1. The van der Waals surface area contributed by atoms with E-state index in [1.807, 2.05) is 0 Å². The third-order valence-corrected chi connectivity index (χ3v) is 6.16. The van der Waals surface area contributed by atoms with Gasteiger partial charge in [-0.05, 0) is 48.7 Å². The van der Waals surface area contributed by atoms with Crippen LogP contribution < -0.4 is 5.32 Å². The summed E-state index contributed by atoms with van der Waals surface area (Å²) >= 11 is 0. The highest BCUT2D eigenvalue weighted by Gasteiger charge is 2.25. The number of hydrogen-bond donors (Lipinski definition) is 1. The number of ether oxygens (including phenoxy) is 1. The number of nitrogens with zero attached hydrogens (tertiary/aromatic N) is 1. The lowest BCUT2D eigenvalue weighted by Crippen LogP contribution is -2.18. The number of benzene rings is 2. The lowest BCUT2D eigenvalue weighted by atomic mass is 10.1. The first-order valence-electron chi connectivity index (χ1n) is 8.30. The van der Waals surface area contributed by atoms with E-state index in [2.05, 4.69) is 5.32 Å². The zero-order valence-electron chi connectivity index (χ0n) is 14.3. The Morgan fingerprint density at radius 1 is 1.30 bits per heavy atom. The molecule has 1 aliphatic rings. The van der Waals surface area contributed by atoms with Gasteiger partial charge in [0, 0.05) is 17.9 Å². The zero-order valence-corrected chi connectivity index (χ0v) is 15.1. The van der Waals surface area contributed by atoms with Crippen LogP contribution in [0.4, 0.5) is 10.1 Å². The highest BCUT2D eigenvalue weighted by molar-refractivity contribution is 7.91. The minimum atomic E-state index is -3.54. The van der Waals surface area contributed by atoms with E-state index in [0.717, 1.165) is 6.07 Å². The van der Waals surface area contributed by atoms with Crippen molar-refractivity contribution in [1.29, 1.82) is 5.26 Å². The number of rotatable bonds is 5. The molecule has 0 aromatic heterocycles. The van der Waals surface area contributed by atoms with Gasteiger partial charge in [0.15, 0.2) is 9.84 Å². The van der Waals surface area contributed by atoms with E-state index in [0.29, 0.717) is 19.6 Å². The second-order valence-electron chi connectivity index (χ2n) is 6.30. The third-order valence-electron chi connectivity index (χ3n) is 4.28. The molecule has 0 spiro atoms. The topological polar surface area (TPSA) is 96.3 Å². The first-order chi connectivity index (χ1) is 12.9. The third kappa shape index (κ3) is 4.51. The molecule has 140 valence electrons. The monoisotopic (exact) mass is 388 g/mol. The molecule has 1 amide bonds. The molecule has 2 aromatic rings. The van der Waals surface area contributed by atoms with Gasteiger partial charge in [0.2, 0.25) is 0 Å². The predicted molar refractivity (Wildman–Crippen MR) is 96.5 cm³/mol. The standard InChI is InChI=1S/C19H17FN2O4S/c20-18-5-4-16(8-15(18)10-21)22-19(23)14-2-1-3-17(9-14)27(24,25)12-13-6-7-26-11-13/h1-5,8-9,13H,6-7,11-12H2,(H,22,23)/t13-/m0/s1. The van der Waals surface area contributed by atoms with Crippen LogP contribution in [0.5, 0.6) is 0 Å². The van der Waals surface area contributed by atoms with Crippen molar-refractivity contribution < 1.29 is 22.3 Å². The molecule has 1 N–H and O–H groups in total. The Hall–Kier alpha value is -2.76. The first kappa shape index (κ1) is 19.0. The number of nitriles is 1. The van der Waals surface area contributed by atoms with Crippen LogP contribution >= 0.6 is 0 Å². The summed E-state index contributed by atoms with van der Waals surface area (Å²) in [7, 11) is -3.54. The quantitative estimate of drug-likeness (QED) is 0.850. The van der Waals surface area contributed by atoms with Gasteiger partial charge in [-0.3, -0.25) is 4.79 Å². The summed E-state index contributed by atoms with van der Waals surface area (Å²) in [6, 6.07) is 11.1. The van der Waals surface area contributed by atoms with Crippen LogP contribution in [0, 0.1) is 23.1 Å².